The Labute approximate surface area is 785 Å². The third-order valence-corrected chi connectivity index (χ3v) is 42.1. The first-order valence-corrected chi connectivity index (χ1v) is 51.0. The first kappa shape index (κ1) is 85.7. The number of carbonyl (C=O) groups is 1. The molecular formula is C113H139N5O15. The second-order valence-corrected chi connectivity index (χ2v) is 47.7. The van der Waals surface area contributed by atoms with Gasteiger partial charge in [0.2, 0.25) is 0 Å². The molecule has 10 heterocycles. The lowest BCUT2D eigenvalue weighted by Gasteiger charge is -2.75. The number of methoxy groups -OCH3 is 5. The first-order valence-electron chi connectivity index (χ1n) is 51.0. The van der Waals surface area contributed by atoms with Gasteiger partial charge in [0.25, 0.3) is 0 Å². The Kier molecular flexibility index (Phi) is 18.1. The number of benzene rings is 5. The van der Waals surface area contributed by atoms with Gasteiger partial charge in [-0.25, -0.2) is 0 Å². The number of piperidine rings is 5. The van der Waals surface area contributed by atoms with E-state index >= 15 is 0 Å². The maximum absolute atomic E-state index is 12.8. The zero-order valence-corrected chi connectivity index (χ0v) is 81.2. The van der Waals surface area contributed by atoms with Gasteiger partial charge in [-0.2, -0.15) is 0 Å². The van der Waals surface area contributed by atoms with E-state index in [-0.39, 0.29) is 109 Å². The minimum Gasteiger partial charge on any atom is -0.504 e. The molecule has 0 amide bonds. The van der Waals surface area contributed by atoms with Crippen molar-refractivity contribution in [2.45, 2.75) is 306 Å². The lowest BCUT2D eigenvalue weighted by Crippen LogP contribution is -2.82. The Hall–Kier alpha value is -7.73. The second kappa shape index (κ2) is 28.1. The van der Waals surface area contributed by atoms with Gasteiger partial charge in [-0.15, -0.1) is 0 Å². The molecule has 5 aromatic rings. The summed E-state index contributed by atoms with van der Waals surface area (Å²) < 4.78 is 63.7. The van der Waals surface area contributed by atoms with Gasteiger partial charge >= 0.3 is 0 Å². The number of phenolic OH excluding ortho intramolecular Hbond substituents is 2. The van der Waals surface area contributed by atoms with E-state index in [2.05, 4.69) is 145 Å². The molecule has 0 radical (unpaired) electrons. The zero-order chi connectivity index (χ0) is 91.7. The molecule has 10 aliphatic heterocycles. The molecule has 0 aromatic heterocycles. The Balaban J connectivity index is 0.0000000875. The van der Waals surface area contributed by atoms with Gasteiger partial charge < -0.3 is 72.7 Å². The molecular weight excluding hydrogens is 1670 g/mol. The van der Waals surface area contributed by atoms with E-state index in [1.165, 1.54) is 142 Å². The van der Waals surface area contributed by atoms with Crippen LogP contribution in [-0.2, 0) is 87.7 Å². The molecule has 133 heavy (non-hydrogen) atoms. The number of rotatable bonds is 12. The van der Waals surface area contributed by atoms with E-state index in [4.69, 9.17) is 47.4 Å². The average Bonchev–Trinajstić information content (AvgIpc) is 1.60. The number of ether oxygens (including phenoxy) is 10. The molecule has 16 bridgehead atoms. The highest BCUT2D eigenvalue weighted by atomic mass is 16.6. The summed E-state index contributed by atoms with van der Waals surface area (Å²) in [6.07, 6.45) is 36.4. The zero-order valence-electron chi connectivity index (χ0n) is 81.2. The van der Waals surface area contributed by atoms with E-state index in [1.807, 2.05) is 54.1 Å². The Morgan fingerprint density at radius 1 is 0.436 bits per heavy atom. The van der Waals surface area contributed by atoms with E-state index in [0.717, 1.165) is 163 Å². The predicted octanol–water partition coefficient (Wildman–Crippen LogP) is 15.0. The van der Waals surface area contributed by atoms with Gasteiger partial charge in [-0.3, -0.25) is 24.4 Å². The van der Waals surface area contributed by atoms with E-state index in [0.29, 0.717) is 41.7 Å². The van der Waals surface area contributed by atoms with Crippen LogP contribution in [0.3, 0.4) is 0 Å². The molecule has 33 rings (SSSR count). The summed E-state index contributed by atoms with van der Waals surface area (Å²) in [6, 6.07) is 23.9. The van der Waals surface area contributed by atoms with Gasteiger partial charge in [0.15, 0.2) is 35.2 Å². The molecule has 9 saturated carbocycles. The van der Waals surface area contributed by atoms with Crippen LogP contribution in [0.1, 0.15) is 210 Å². The van der Waals surface area contributed by atoms with Gasteiger partial charge in [-0.1, -0.05) is 72.8 Å². The van der Waals surface area contributed by atoms with Crippen molar-refractivity contribution < 1.29 is 72.6 Å². The number of phenols is 2. The molecule has 4 N–H and O–H groups in total. The molecule has 20 heteroatoms. The normalized spacial score (nSPS) is 41.6. The summed E-state index contributed by atoms with van der Waals surface area (Å²) in [5.41, 5.74) is 17.4. The smallest absolute Gasteiger partial charge is 0.169 e. The Bertz CT molecular complexity index is 5730. The van der Waals surface area contributed by atoms with Crippen LogP contribution in [0.25, 0.3) is 0 Å². The van der Waals surface area contributed by atoms with Crippen molar-refractivity contribution in [3.63, 3.8) is 0 Å². The second-order valence-electron chi connectivity index (χ2n) is 47.7. The Morgan fingerprint density at radius 3 is 1.30 bits per heavy atom. The summed E-state index contributed by atoms with van der Waals surface area (Å²) in [5, 5.41) is 43.9. The Morgan fingerprint density at radius 2 is 0.842 bits per heavy atom. The molecule has 706 valence electrons. The standard InChI is InChI=1S/C27H37NO3.C26H35NO4.C23H27NO3.C19H21NO2.C18H19NO3/c1-16-5-8-18-13-20-25-9-10-27(30-4,19(14-25)24(2,3)29)23-26(25,21(18)22(16)31-23)11-12-28(20)15-17-6-7-17;1-23(2,29)18-13-24-8-9-26(18,30-3)22-25(24)10-11-27(14-15-4-5-15)19(24)12-16-6-7-17(28)21(31-22)20(16)25;1-13-5-6-15-11-17-21-7-8-23(26-4,16(12-21)14(2)25)20-22(21,9-10-24(17)3)18(15)19(13)27-20;1-11-4-5-12-10-14-13-6-7-15(21-3)18-19(13,8-9-20(14)2)16(12)17(11)22-18;1-19-8-7-18-11-4-6-14(21-2)17(18)22-16-13(20)5-3-10(15(16)18)9-12(11)19/h5,8,17,19-20,23,29H,6-7,9-15H2,1-4H3;6-7,15,18-19,22,28-29H,4-5,8-14H2,1-3H3;5-8,16-17,20H,9-12H2,1-4H3;4-7,14,18H,8-10H2,1-3H3;3-6,12,17,20H,7-9H2,1-2H3/t19-,20?,23-,25-,26+,27-;18-,19?,22-,24-,25+,26-;16-,17?,20-,21-,22+,23-;14?,18-,19-;12?,17-,18-/m11100/s1. The highest BCUT2D eigenvalue weighted by Crippen LogP contribution is 2.81. The number of Topliss-reactive ketones (excluding diaryl/α,β-unsaturated/α-hetero) is 1. The van der Waals surface area contributed by atoms with E-state index in [1.54, 1.807) is 34.3 Å². The highest BCUT2D eigenvalue weighted by Gasteiger charge is 2.85. The maximum Gasteiger partial charge on any atom is 0.169 e. The quantitative estimate of drug-likeness (QED) is 0.0857. The summed E-state index contributed by atoms with van der Waals surface area (Å²) >= 11 is 0. The molecule has 5 aromatic carbocycles. The number of hydrogen-bond donors (Lipinski definition) is 4. The monoisotopic (exact) mass is 1810 g/mol. The van der Waals surface area contributed by atoms with Gasteiger partial charge in [0.1, 0.15) is 69.7 Å². The number of allylic oxidation sites excluding steroid dienone is 4. The van der Waals surface area contributed by atoms with Crippen molar-refractivity contribution >= 4 is 5.78 Å². The molecule has 24 atom stereocenters. The van der Waals surface area contributed by atoms with E-state index < -0.39 is 28.0 Å². The van der Waals surface area contributed by atoms with Crippen LogP contribution in [-0.4, -0.2) is 242 Å². The fourth-order valence-corrected chi connectivity index (χ4v) is 36.3. The van der Waals surface area contributed by atoms with Crippen molar-refractivity contribution in [1.29, 1.82) is 0 Å². The largest absolute Gasteiger partial charge is 0.504 e. The first-order chi connectivity index (χ1) is 63.8. The van der Waals surface area contributed by atoms with Crippen molar-refractivity contribution in [3.8, 4) is 40.2 Å². The average molecular weight is 1810 g/mol. The molecule has 14 fully saturated rings. The van der Waals surface area contributed by atoms with Crippen LogP contribution in [0.4, 0.5) is 0 Å². The van der Waals surface area contributed by atoms with Crippen LogP contribution in [0.5, 0.6) is 40.2 Å². The summed E-state index contributed by atoms with van der Waals surface area (Å²) in [5.74, 6) is 9.01. The third-order valence-electron chi connectivity index (χ3n) is 42.1. The number of carbonyl (C=O) groups excluding carboxylic acids is 1. The van der Waals surface area contributed by atoms with Gasteiger partial charge in [0.05, 0.1) is 47.6 Å². The van der Waals surface area contributed by atoms with Crippen LogP contribution in [0, 0.1) is 66.6 Å². The van der Waals surface area contributed by atoms with Gasteiger partial charge in [0, 0.05) is 131 Å². The highest BCUT2D eigenvalue weighted by molar-refractivity contribution is 5.83. The van der Waals surface area contributed by atoms with Crippen LogP contribution < -0.4 is 23.7 Å². The number of fused-ring (bicyclic) bond motifs is 5. The predicted molar refractivity (Wildman–Crippen MR) is 505 cm³/mol. The lowest BCUT2D eigenvalue weighted by molar-refractivity contribution is -0.300. The SMILES string of the molecule is COC1=CC=C2C3Cc4ccc(C)c5c4[C@@]2(CCN3C)[C@H]1O5.COC1=CC=C2C3Cc4ccc(O)c5c4[C@@]2(CCN3C)[C@H]1O5.CO[C@]12C=C[C@@]3(C[C@@H]1C(C)=O)C1Cc4ccc(C)c5c4[C@@]3(CCN1C)[C@H]2O5.CO[C@]12CC[C@@]3(C[C@@H]1C(C)(C)O)C1Cc4ccc(C)c5c4[C@@]3(CCN1CC1CC1)[C@H]2O5.CO[C@]12CC[C@@]3(C[C@@H]1C(C)(C)O)C1Cc4ccc(O)c5c4[C@@]3(CCN1CC1CC1)[C@H]2O5. The van der Waals surface area contributed by atoms with Crippen molar-refractivity contribution in [3.05, 3.63) is 192 Å². The van der Waals surface area contributed by atoms with E-state index in [9.17, 15) is 25.2 Å². The topological polar surface area (TPSA) is 206 Å². The molecule has 8 spiro atoms. The number of likely N-dealkylation sites (tertiary alicyclic amines) is 5. The summed E-state index contributed by atoms with van der Waals surface area (Å²) in [7, 11) is 15.6. The van der Waals surface area contributed by atoms with Crippen LogP contribution in [0.15, 0.2) is 120 Å². The number of likely N-dealkylation sites (N-methyl/N-ethyl adjacent to an activating group) is 3. The number of aliphatic hydroxyl groups is 2. The minimum absolute atomic E-state index is 0.00616. The number of hydrogen-bond acceptors (Lipinski definition) is 20. The van der Waals surface area contributed by atoms with Crippen molar-refractivity contribution in [2.75, 3.05) is 103 Å². The summed E-state index contributed by atoms with van der Waals surface area (Å²) in [6.45, 7) is 24.1. The fraction of sp³-hybridized carbons (Fsp3) is 0.637. The molecule has 20 nitrogen and oxygen atoms in total. The number of aromatic hydroxyl groups is 2. The van der Waals surface area contributed by atoms with Crippen molar-refractivity contribution in [1.82, 2.24) is 24.5 Å². The van der Waals surface area contributed by atoms with Crippen LogP contribution >= 0.6 is 0 Å². The maximum atomic E-state index is 12.8. The van der Waals surface area contributed by atoms with Gasteiger partial charge in [-0.05, 0) is 336 Å². The molecule has 18 aliphatic carbocycles. The molecule has 28 aliphatic rings. The van der Waals surface area contributed by atoms with Crippen LogP contribution in [0.2, 0.25) is 0 Å². The number of aryl methyl sites for hydroxylation is 3. The fourth-order valence-electron chi connectivity index (χ4n) is 36.3. The van der Waals surface area contributed by atoms with Crippen molar-refractivity contribution in [2.24, 2.45) is 45.8 Å². The third kappa shape index (κ3) is 10.3. The number of nitrogens with zero attached hydrogens (tertiary/aromatic N) is 5. The molecule has 5 unspecified atom stereocenters. The lowest BCUT2D eigenvalue weighted by atomic mass is 9.34. The summed E-state index contributed by atoms with van der Waals surface area (Å²) in [4.78, 5) is 25.9. The molecule has 5 saturated heterocycles. The minimum atomic E-state index is -0.846. The number of ketones is 1.